The number of piperazine rings is 1. The van der Waals surface area contributed by atoms with Gasteiger partial charge in [0.25, 0.3) is 0 Å². The lowest BCUT2D eigenvalue weighted by atomic mass is 10.0. The largest absolute Gasteiger partial charge is 0.496 e. The Balaban J connectivity index is 1.85. The topological polar surface area (TPSA) is 70.2 Å². The first-order valence-electron chi connectivity index (χ1n) is 8.36. The Hall–Kier alpha value is -1.80. The van der Waals surface area contributed by atoms with E-state index in [1.165, 1.54) is 4.90 Å². The van der Waals surface area contributed by atoms with Crippen LogP contribution in [0.2, 0.25) is 0 Å². The smallest absolute Gasteiger partial charge is 0.319 e. The Morgan fingerprint density at radius 1 is 1.20 bits per heavy atom. The summed E-state index contributed by atoms with van der Waals surface area (Å²) in [5.74, 6) is 0.940. The second-order valence-corrected chi connectivity index (χ2v) is 9.02. The number of fused-ring (bicyclic) bond motifs is 1. The van der Waals surface area contributed by atoms with Gasteiger partial charge >= 0.3 is 6.03 Å². The van der Waals surface area contributed by atoms with Crippen molar-refractivity contribution in [2.75, 3.05) is 45.8 Å². The second-order valence-electron chi connectivity index (χ2n) is 6.86. The molecule has 0 spiro atoms. The van der Waals surface area contributed by atoms with Gasteiger partial charge in [0.05, 0.1) is 24.7 Å². The van der Waals surface area contributed by atoms with Gasteiger partial charge in [0, 0.05) is 45.3 Å². The molecule has 2 heterocycles. The Kier molecular flexibility index (Phi) is 4.92. The van der Waals surface area contributed by atoms with Crippen LogP contribution in [0.4, 0.5) is 4.79 Å². The first-order valence-corrected chi connectivity index (χ1v) is 10.2. The minimum absolute atomic E-state index is 0.0413. The Morgan fingerprint density at radius 3 is 2.56 bits per heavy atom. The molecule has 138 valence electrons. The molecule has 2 aliphatic rings. The first-order chi connectivity index (χ1) is 11.8. The third-order valence-corrected chi connectivity index (χ3v) is 6.68. The molecule has 1 aromatic rings. The van der Waals surface area contributed by atoms with E-state index in [4.69, 9.17) is 4.74 Å². The van der Waals surface area contributed by atoms with Crippen LogP contribution in [0.3, 0.4) is 0 Å². The lowest BCUT2D eigenvalue weighted by Gasteiger charge is -2.44. The molecule has 8 heteroatoms. The van der Waals surface area contributed by atoms with Gasteiger partial charge in [0.15, 0.2) is 9.84 Å². The van der Waals surface area contributed by atoms with Crippen molar-refractivity contribution in [3.63, 3.8) is 0 Å². The van der Waals surface area contributed by atoms with Crippen LogP contribution in [0.5, 0.6) is 5.75 Å². The maximum absolute atomic E-state index is 12.4. The first kappa shape index (κ1) is 18.0. The Morgan fingerprint density at radius 2 is 1.88 bits per heavy atom. The molecule has 2 saturated heterocycles. The predicted molar refractivity (Wildman–Crippen MR) is 95.4 cm³/mol. The zero-order valence-electron chi connectivity index (χ0n) is 14.9. The number of nitrogens with zero attached hydrogens (tertiary/aromatic N) is 3. The molecular weight excluding hydrogens is 342 g/mol. The summed E-state index contributed by atoms with van der Waals surface area (Å²) in [4.78, 5) is 17.8. The maximum atomic E-state index is 12.4. The number of ether oxygens (including phenoxy) is 1. The van der Waals surface area contributed by atoms with Crippen LogP contribution in [-0.2, 0) is 16.4 Å². The van der Waals surface area contributed by atoms with Crippen LogP contribution in [0.15, 0.2) is 24.3 Å². The lowest BCUT2D eigenvalue weighted by Crippen LogP contribution is -2.61. The highest BCUT2D eigenvalue weighted by Gasteiger charge is 2.48. The maximum Gasteiger partial charge on any atom is 0.319 e. The molecule has 0 aliphatic carbocycles. The molecule has 0 aromatic heterocycles. The number of hydrogen-bond acceptors (Lipinski definition) is 5. The average molecular weight is 367 g/mol. The number of benzene rings is 1. The van der Waals surface area contributed by atoms with Crippen molar-refractivity contribution in [2.24, 2.45) is 0 Å². The zero-order chi connectivity index (χ0) is 18.2. The van der Waals surface area contributed by atoms with Crippen molar-refractivity contribution in [1.29, 1.82) is 0 Å². The molecule has 0 saturated carbocycles. The number of carbonyl (C=O) groups excluding carboxylic acids is 1. The van der Waals surface area contributed by atoms with E-state index in [9.17, 15) is 13.2 Å². The molecule has 2 amide bonds. The molecule has 0 radical (unpaired) electrons. The minimum Gasteiger partial charge on any atom is -0.496 e. The van der Waals surface area contributed by atoms with Gasteiger partial charge in [0.2, 0.25) is 0 Å². The monoisotopic (exact) mass is 367 g/mol. The number of methoxy groups -OCH3 is 1. The van der Waals surface area contributed by atoms with E-state index in [2.05, 4.69) is 4.90 Å². The molecule has 0 bridgehead atoms. The molecule has 0 N–H and O–H groups in total. The van der Waals surface area contributed by atoms with Gasteiger partial charge in [-0.15, -0.1) is 0 Å². The van der Waals surface area contributed by atoms with E-state index in [1.807, 2.05) is 24.3 Å². The fourth-order valence-corrected chi connectivity index (χ4v) is 5.78. The fraction of sp³-hybridized carbons (Fsp3) is 0.588. The molecule has 2 fully saturated rings. The SMILES string of the molecule is COc1ccccc1CN1CCN(C(=O)N(C)C)[C@@H]2CS(=O)(=O)C[C@@H]21. The van der Waals surface area contributed by atoms with Gasteiger partial charge in [-0.3, -0.25) is 4.90 Å². The third kappa shape index (κ3) is 3.59. The number of hydrogen-bond donors (Lipinski definition) is 0. The number of carbonyl (C=O) groups is 1. The Labute approximate surface area is 149 Å². The third-order valence-electron chi connectivity index (χ3n) is 4.99. The van der Waals surface area contributed by atoms with Crippen molar-refractivity contribution in [2.45, 2.75) is 18.6 Å². The Bertz CT molecular complexity index is 750. The molecule has 3 rings (SSSR count). The second kappa shape index (κ2) is 6.84. The van der Waals surface area contributed by atoms with Crippen LogP contribution in [0.25, 0.3) is 0 Å². The molecule has 1 aromatic carbocycles. The van der Waals surface area contributed by atoms with Crippen molar-refractivity contribution >= 4 is 15.9 Å². The summed E-state index contributed by atoms with van der Waals surface area (Å²) in [5.41, 5.74) is 1.03. The summed E-state index contributed by atoms with van der Waals surface area (Å²) < 4.78 is 29.9. The van der Waals surface area contributed by atoms with Gasteiger partial charge in [0.1, 0.15) is 5.75 Å². The van der Waals surface area contributed by atoms with Gasteiger partial charge in [-0.25, -0.2) is 13.2 Å². The zero-order valence-corrected chi connectivity index (χ0v) is 15.7. The molecule has 0 unspecified atom stereocenters. The summed E-state index contributed by atoms with van der Waals surface area (Å²) in [5, 5.41) is 0. The normalized spacial score (nSPS) is 25.5. The van der Waals surface area contributed by atoms with Gasteiger partial charge in [-0.2, -0.15) is 0 Å². The molecule has 2 aliphatic heterocycles. The van der Waals surface area contributed by atoms with Crippen molar-refractivity contribution in [1.82, 2.24) is 14.7 Å². The van der Waals surface area contributed by atoms with Gasteiger partial charge in [-0.1, -0.05) is 18.2 Å². The molecule has 2 atom stereocenters. The van der Waals surface area contributed by atoms with Gasteiger partial charge in [-0.05, 0) is 6.07 Å². The quantitative estimate of drug-likeness (QED) is 0.785. The van der Waals surface area contributed by atoms with E-state index in [1.54, 1.807) is 26.1 Å². The van der Waals surface area contributed by atoms with Crippen molar-refractivity contribution in [3.05, 3.63) is 29.8 Å². The van der Waals surface area contributed by atoms with E-state index < -0.39 is 9.84 Å². The van der Waals surface area contributed by atoms with Gasteiger partial charge < -0.3 is 14.5 Å². The number of amides is 2. The van der Waals surface area contributed by atoms with Crippen molar-refractivity contribution in [3.8, 4) is 5.75 Å². The van der Waals surface area contributed by atoms with Crippen LogP contribution in [0, 0.1) is 0 Å². The minimum atomic E-state index is -3.15. The number of para-hydroxylation sites is 1. The van der Waals surface area contributed by atoms with Crippen LogP contribution in [-0.4, -0.2) is 87.0 Å². The van der Waals surface area contributed by atoms with Crippen LogP contribution >= 0.6 is 0 Å². The number of sulfone groups is 1. The van der Waals surface area contributed by atoms with Crippen molar-refractivity contribution < 1.29 is 17.9 Å². The van der Waals surface area contributed by atoms with E-state index in [0.29, 0.717) is 19.6 Å². The number of urea groups is 1. The van der Waals surface area contributed by atoms with E-state index in [-0.39, 0.29) is 29.6 Å². The van der Waals surface area contributed by atoms with Crippen LogP contribution in [0.1, 0.15) is 5.56 Å². The summed E-state index contributed by atoms with van der Waals surface area (Å²) in [6.07, 6.45) is 0. The molecule has 25 heavy (non-hydrogen) atoms. The van der Waals surface area contributed by atoms with Crippen LogP contribution < -0.4 is 4.74 Å². The summed E-state index contributed by atoms with van der Waals surface area (Å²) >= 11 is 0. The summed E-state index contributed by atoms with van der Waals surface area (Å²) in [6, 6.07) is 7.18. The highest BCUT2D eigenvalue weighted by atomic mass is 32.2. The average Bonchev–Trinajstić information content (AvgIpc) is 2.90. The fourth-order valence-electron chi connectivity index (χ4n) is 3.77. The standard InChI is InChI=1S/C17H25N3O4S/c1-18(2)17(21)20-9-8-19(14-11-25(22,23)12-15(14)20)10-13-6-4-5-7-16(13)24-3/h4-7,14-15H,8-12H2,1-3H3/t14-,15+/m0/s1. The highest BCUT2D eigenvalue weighted by Crippen LogP contribution is 2.30. The molecule has 7 nitrogen and oxygen atoms in total. The number of rotatable bonds is 3. The summed E-state index contributed by atoms with van der Waals surface area (Å²) in [7, 11) is 1.88. The summed E-state index contributed by atoms with van der Waals surface area (Å²) in [6.45, 7) is 1.79. The van der Waals surface area contributed by atoms with E-state index in [0.717, 1.165) is 11.3 Å². The molecular formula is C17H25N3O4S. The predicted octanol–water partition coefficient (Wildman–Crippen LogP) is 0.660. The lowest BCUT2D eigenvalue weighted by molar-refractivity contribution is 0.0516. The van der Waals surface area contributed by atoms with E-state index >= 15 is 0 Å². The highest BCUT2D eigenvalue weighted by molar-refractivity contribution is 7.91.